The highest BCUT2D eigenvalue weighted by molar-refractivity contribution is 5.20. The predicted molar refractivity (Wildman–Crippen MR) is 56.1 cm³/mol. The first kappa shape index (κ1) is 11.1. The van der Waals surface area contributed by atoms with E-state index in [1.807, 2.05) is 6.92 Å². The number of rotatable bonds is 2. The van der Waals surface area contributed by atoms with Gasteiger partial charge in [0.25, 0.3) is 0 Å². The predicted octanol–water partition coefficient (Wildman–Crippen LogP) is 2.14. The van der Waals surface area contributed by atoms with E-state index in [1.165, 1.54) is 0 Å². The van der Waals surface area contributed by atoms with Gasteiger partial charge in [-0.05, 0) is 32.3 Å². The van der Waals surface area contributed by atoms with Crippen LogP contribution in [0, 0.1) is 6.92 Å². The van der Waals surface area contributed by atoms with E-state index in [-0.39, 0.29) is 0 Å². The number of aromatic nitrogens is 2. The molecule has 0 amide bonds. The number of hydrogen-bond acceptors (Lipinski definition) is 3. The van der Waals surface area contributed by atoms with Crippen molar-refractivity contribution >= 4 is 0 Å². The third-order valence-electron chi connectivity index (χ3n) is 2.19. The summed E-state index contributed by atoms with van der Waals surface area (Å²) in [7, 11) is 0. The van der Waals surface area contributed by atoms with Crippen LogP contribution in [0.5, 0.6) is 0 Å². The average molecular weight is 194 g/mol. The van der Waals surface area contributed by atoms with Gasteiger partial charge in [-0.15, -0.1) is 0 Å². The minimum absolute atomic E-state index is 0.422. The van der Waals surface area contributed by atoms with Crippen LogP contribution < -0.4 is 0 Å². The van der Waals surface area contributed by atoms with Gasteiger partial charge in [-0.25, -0.2) is 9.97 Å². The molecule has 0 fully saturated rings. The van der Waals surface area contributed by atoms with E-state index in [4.69, 9.17) is 0 Å². The van der Waals surface area contributed by atoms with Crippen LogP contribution in [-0.4, -0.2) is 15.1 Å². The highest BCUT2D eigenvalue weighted by Crippen LogP contribution is 2.20. The molecular weight excluding hydrogens is 176 g/mol. The van der Waals surface area contributed by atoms with Gasteiger partial charge in [-0.2, -0.15) is 0 Å². The second-order valence-electron chi connectivity index (χ2n) is 4.45. The van der Waals surface area contributed by atoms with Crippen molar-refractivity contribution in [2.75, 3.05) is 0 Å². The molecule has 1 aromatic rings. The van der Waals surface area contributed by atoms with Crippen LogP contribution in [0.25, 0.3) is 0 Å². The maximum Gasteiger partial charge on any atom is 0.159 e. The molecule has 0 spiro atoms. The van der Waals surface area contributed by atoms with Crippen molar-refractivity contribution in [1.82, 2.24) is 9.97 Å². The summed E-state index contributed by atoms with van der Waals surface area (Å²) in [6.45, 7) is 9.55. The molecule has 3 heteroatoms. The Morgan fingerprint density at radius 2 is 1.93 bits per heavy atom. The number of aliphatic hydroxyl groups is 1. The summed E-state index contributed by atoms with van der Waals surface area (Å²) in [6.07, 6.45) is 1.81. The van der Waals surface area contributed by atoms with E-state index in [9.17, 15) is 5.11 Å². The van der Waals surface area contributed by atoms with E-state index in [0.717, 1.165) is 11.3 Å². The van der Waals surface area contributed by atoms with Gasteiger partial charge in [-0.1, -0.05) is 13.8 Å². The normalized spacial score (nSPS) is 12.2. The summed E-state index contributed by atoms with van der Waals surface area (Å²) in [5.74, 6) is 0.908. The highest BCUT2D eigenvalue weighted by atomic mass is 16.3. The molecule has 0 bridgehead atoms. The maximum atomic E-state index is 9.72. The van der Waals surface area contributed by atoms with Crippen molar-refractivity contribution in [3.8, 4) is 0 Å². The molecule has 0 atom stereocenters. The zero-order valence-electron chi connectivity index (χ0n) is 9.50. The Morgan fingerprint density at radius 1 is 1.36 bits per heavy atom. The topological polar surface area (TPSA) is 46.0 Å². The molecule has 0 saturated carbocycles. The van der Waals surface area contributed by atoms with Crippen LogP contribution in [0.1, 0.15) is 50.7 Å². The summed E-state index contributed by atoms with van der Waals surface area (Å²) >= 11 is 0. The highest BCUT2D eigenvalue weighted by Gasteiger charge is 2.20. The van der Waals surface area contributed by atoms with Crippen LogP contribution in [0.3, 0.4) is 0 Å². The Balaban J connectivity index is 3.13. The number of nitrogens with zero attached hydrogens (tertiary/aromatic N) is 2. The number of aryl methyl sites for hydroxylation is 1. The van der Waals surface area contributed by atoms with Crippen molar-refractivity contribution in [2.24, 2.45) is 0 Å². The minimum Gasteiger partial charge on any atom is -0.382 e. The van der Waals surface area contributed by atoms with Gasteiger partial charge in [0.15, 0.2) is 5.82 Å². The quantitative estimate of drug-likeness (QED) is 0.784. The van der Waals surface area contributed by atoms with Gasteiger partial charge in [0.2, 0.25) is 0 Å². The molecule has 0 aromatic carbocycles. The smallest absolute Gasteiger partial charge is 0.159 e. The fraction of sp³-hybridized carbons (Fsp3) is 0.636. The summed E-state index contributed by atoms with van der Waals surface area (Å²) in [5.41, 5.74) is 1.13. The molecule has 1 N–H and O–H groups in total. The molecule has 0 unspecified atom stereocenters. The first-order chi connectivity index (χ1) is 6.32. The zero-order chi connectivity index (χ0) is 10.9. The average Bonchev–Trinajstić information content (AvgIpc) is 2.01. The van der Waals surface area contributed by atoms with Gasteiger partial charge >= 0.3 is 0 Å². The molecule has 3 nitrogen and oxygen atoms in total. The Kier molecular flexibility index (Phi) is 2.90. The summed E-state index contributed by atoms with van der Waals surface area (Å²) < 4.78 is 0. The lowest BCUT2D eigenvalue weighted by molar-refractivity contribution is 0.0684. The summed E-state index contributed by atoms with van der Waals surface area (Å²) in [6, 6.07) is 0. The molecule has 0 aliphatic heterocycles. The van der Waals surface area contributed by atoms with Crippen LogP contribution >= 0.6 is 0 Å². The van der Waals surface area contributed by atoms with Gasteiger partial charge in [-0.3, -0.25) is 0 Å². The Hall–Kier alpha value is -0.960. The minimum atomic E-state index is -0.958. The molecule has 0 aliphatic rings. The third kappa shape index (κ3) is 2.29. The van der Waals surface area contributed by atoms with Crippen molar-refractivity contribution in [3.63, 3.8) is 0 Å². The van der Waals surface area contributed by atoms with E-state index >= 15 is 0 Å². The van der Waals surface area contributed by atoms with E-state index in [0.29, 0.717) is 11.7 Å². The summed E-state index contributed by atoms with van der Waals surface area (Å²) in [5, 5.41) is 9.72. The molecule has 1 heterocycles. The molecular formula is C11H18N2O. The first-order valence-electron chi connectivity index (χ1n) is 4.88. The summed E-state index contributed by atoms with van der Waals surface area (Å²) in [4.78, 5) is 8.48. The SMILES string of the molecule is Cc1nc(C(C)(C)O)ncc1C(C)C. The lowest BCUT2D eigenvalue weighted by Gasteiger charge is -2.17. The molecule has 0 saturated heterocycles. The largest absolute Gasteiger partial charge is 0.382 e. The molecule has 0 radical (unpaired) electrons. The molecule has 14 heavy (non-hydrogen) atoms. The van der Waals surface area contributed by atoms with Crippen LogP contribution in [0.2, 0.25) is 0 Å². The fourth-order valence-corrected chi connectivity index (χ4v) is 1.34. The molecule has 1 rings (SSSR count). The lowest BCUT2D eigenvalue weighted by atomic mass is 10.0. The fourth-order valence-electron chi connectivity index (χ4n) is 1.34. The molecule has 78 valence electrons. The van der Waals surface area contributed by atoms with Gasteiger partial charge in [0, 0.05) is 11.9 Å². The second-order valence-corrected chi connectivity index (χ2v) is 4.45. The van der Waals surface area contributed by atoms with Crippen LogP contribution in [-0.2, 0) is 5.60 Å². The van der Waals surface area contributed by atoms with E-state index in [2.05, 4.69) is 23.8 Å². The standard InChI is InChI=1S/C11H18N2O/c1-7(2)9-6-12-10(11(4,5)14)13-8(9)3/h6-7,14H,1-5H3. The van der Waals surface area contributed by atoms with Crippen molar-refractivity contribution in [3.05, 3.63) is 23.3 Å². The monoisotopic (exact) mass is 194 g/mol. The Morgan fingerprint density at radius 3 is 2.29 bits per heavy atom. The number of hydrogen-bond donors (Lipinski definition) is 1. The lowest BCUT2D eigenvalue weighted by Crippen LogP contribution is -2.20. The van der Waals surface area contributed by atoms with E-state index in [1.54, 1.807) is 20.0 Å². The van der Waals surface area contributed by atoms with Crippen LogP contribution in [0.4, 0.5) is 0 Å². The van der Waals surface area contributed by atoms with Gasteiger partial charge < -0.3 is 5.11 Å². The van der Waals surface area contributed by atoms with Gasteiger partial charge in [0.1, 0.15) is 5.60 Å². The van der Waals surface area contributed by atoms with Crippen molar-refractivity contribution in [2.45, 2.75) is 46.1 Å². The van der Waals surface area contributed by atoms with Gasteiger partial charge in [0.05, 0.1) is 0 Å². The second kappa shape index (κ2) is 3.65. The van der Waals surface area contributed by atoms with E-state index < -0.39 is 5.60 Å². The first-order valence-corrected chi connectivity index (χ1v) is 4.88. The van der Waals surface area contributed by atoms with Crippen LogP contribution in [0.15, 0.2) is 6.20 Å². The zero-order valence-corrected chi connectivity index (χ0v) is 9.50. The van der Waals surface area contributed by atoms with Crippen molar-refractivity contribution in [1.29, 1.82) is 0 Å². The molecule has 1 aromatic heterocycles. The van der Waals surface area contributed by atoms with Crippen molar-refractivity contribution < 1.29 is 5.11 Å². The Labute approximate surface area is 85.2 Å². The third-order valence-corrected chi connectivity index (χ3v) is 2.19. The maximum absolute atomic E-state index is 9.72. The molecule has 0 aliphatic carbocycles. The Bertz CT molecular complexity index is 327.